The smallest absolute Gasteiger partial charge is 0.407 e. The van der Waals surface area contributed by atoms with E-state index in [1.165, 1.54) is 7.11 Å². The van der Waals surface area contributed by atoms with Crippen LogP contribution in [0, 0.1) is 5.92 Å². The summed E-state index contributed by atoms with van der Waals surface area (Å²) in [4.78, 5) is 51.7. The van der Waals surface area contributed by atoms with Crippen molar-refractivity contribution in [2.24, 2.45) is 5.92 Å². The Morgan fingerprint density at radius 1 is 0.818 bits per heavy atom. The van der Waals surface area contributed by atoms with Crippen molar-refractivity contribution >= 4 is 23.9 Å². The summed E-state index contributed by atoms with van der Waals surface area (Å²) in [6.45, 7) is 9.36. The Morgan fingerprint density at radius 2 is 1.48 bits per heavy atom. The minimum absolute atomic E-state index is 0.0733. The molecule has 0 aromatic heterocycles. The van der Waals surface area contributed by atoms with E-state index < -0.39 is 47.7 Å². The number of methoxy groups -OCH3 is 2. The van der Waals surface area contributed by atoms with Crippen LogP contribution >= 0.6 is 0 Å². The van der Waals surface area contributed by atoms with E-state index in [1.807, 2.05) is 56.3 Å². The number of carbonyl (C=O) groups is 4. The highest BCUT2D eigenvalue weighted by molar-refractivity contribution is 5.88. The Morgan fingerprint density at radius 3 is 2.05 bits per heavy atom. The van der Waals surface area contributed by atoms with E-state index in [2.05, 4.69) is 16.0 Å². The highest BCUT2D eigenvalue weighted by Gasteiger charge is 2.32. The zero-order valence-electron chi connectivity index (χ0n) is 26.8. The van der Waals surface area contributed by atoms with Crippen molar-refractivity contribution in [3.63, 3.8) is 0 Å². The molecule has 44 heavy (non-hydrogen) atoms. The third-order valence-electron chi connectivity index (χ3n) is 6.43. The summed E-state index contributed by atoms with van der Waals surface area (Å²) < 4.78 is 21.0. The highest BCUT2D eigenvalue weighted by Crippen LogP contribution is 2.16. The van der Waals surface area contributed by atoms with E-state index in [-0.39, 0.29) is 31.9 Å². The number of amides is 2. The zero-order valence-corrected chi connectivity index (χ0v) is 26.8. The van der Waals surface area contributed by atoms with Crippen LogP contribution in [0.2, 0.25) is 0 Å². The number of esters is 2. The number of ether oxygens (including phenoxy) is 4. The van der Waals surface area contributed by atoms with E-state index in [0.717, 1.165) is 11.1 Å². The van der Waals surface area contributed by atoms with Crippen LogP contribution in [0.5, 0.6) is 5.75 Å². The normalized spacial score (nSPS) is 13.3. The van der Waals surface area contributed by atoms with Crippen LogP contribution in [0.4, 0.5) is 4.79 Å². The fourth-order valence-corrected chi connectivity index (χ4v) is 4.31. The zero-order chi connectivity index (χ0) is 32.7. The van der Waals surface area contributed by atoms with Gasteiger partial charge in [-0.15, -0.1) is 0 Å². The van der Waals surface area contributed by atoms with Gasteiger partial charge >= 0.3 is 18.0 Å². The van der Waals surface area contributed by atoms with Gasteiger partial charge in [-0.3, -0.25) is 14.9 Å². The van der Waals surface area contributed by atoms with Gasteiger partial charge in [-0.2, -0.15) is 0 Å². The molecule has 0 fully saturated rings. The first-order chi connectivity index (χ1) is 20.8. The number of rotatable bonds is 16. The molecule has 3 atom stereocenters. The van der Waals surface area contributed by atoms with Gasteiger partial charge in [0.25, 0.3) is 0 Å². The average molecular weight is 614 g/mol. The molecule has 11 heteroatoms. The topological polar surface area (TPSA) is 141 Å². The van der Waals surface area contributed by atoms with Crippen molar-refractivity contribution in [1.82, 2.24) is 16.0 Å². The van der Waals surface area contributed by atoms with Gasteiger partial charge in [-0.25, -0.2) is 9.59 Å². The van der Waals surface area contributed by atoms with Crippen molar-refractivity contribution in [3.8, 4) is 5.75 Å². The molecule has 0 spiro atoms. The maximum atomic E-state index is 13.7. The maximum Gasteiger partial charge on any atom is 0.407 e. The number of hydrogen-bond acceptors (Lipinski definition) is 9. The second-order valence-corrected chi connectivity index (χ2v) is 11.8. The summed E-state index contributed by atoms with van der Waals surface area (Å²) in [6.07, 6.45) is 0.0629. The van der Waals surface area contributed by atoms with E-state index in [4.69, 9.17) is 18.9 Å². The Balaban J connectivity index is 2.12. The van der Waals surface area contributed by atoms with E-state index >= 15 is 0 Å². The molecule has 0 saturated heterocycles. The van der Waals surface area contributed by atoms with Gasteiger partial charge in [0.05, 0.1) is 20.3 Å². The second kappa shape index (κ2) is 17.9. The first kappa shape index (κ1) is 36.1. The Bertz CT molecular complexity index is 1200. The third kappa shape index (κ3) is 13.5. The average Bonchev–Trinajstić information content (AvgIpc) is 2.98. The van der Waals surface area contributed by atoms with Crippen LogP contribution < -0.4 is 20.7 Å². The lowest BCUT2D eigenvalue weighted by atomic mass is 10.00. The molecular weight excluding hydrogens is 566 g/mol. The largest absolute Gasteiger partial charge is 0.497 e. The molecule has 2 amide bonds. The summed E-state index contributed by atoms with van der Waals surface area (Å²) in [5, 5.41) is 8.56. The van der Waals surface area contributed by atoms with Gasteiger partial charge in [-0.05, 0) is 62.8 Å². The Labute approximate surface area is 260 Å². The quantitative estimate of drug-likeness (QED) is 0.190. The van der Waals surface area contributed by atoms with E-state index in [1.54, 1.807) is 40.0 Å². The van der Waals surface area contributed by atoms with Crippen molar-refractivity contribution in [3.05, 3.63) is 65.7 Å². The SMILES string of the molecule is COC(=O)[C@@H](CCNC(=O)OCc1ccccc1)N[C@@H](CC(C)C)C(=O)N[C@@H](Cc1ccc(OC)cc1)C(=O)OC(C)(C)C. The number of carbonyl (C=O) groups excluding carboxylic acids is 4. The van der Waals surface area contributed by atoms with E-state index in [0.29, 0.717) is 12.2 Å². The minimum atomic E-state index is -0.982. The molecule has 2 rings (SSSR count). The lowest BCUT2D eigenvalue weighted by Crippen LogP contribution is -2.56. The molecule has 0 saturated carbocycles. The van der Waals surface area contributed by atoms with Gasteiger partial charge in [0, 0.05) is 13.0 Å². The van der Waals surface area contributed by atoms with Crippen LogP contribution in [0.1, 0.15) is 58.6 Å². The summed E-state index contributed by atoms with van der Waals surface area (Å²) in [6, 6.07) is 13.7. The summed E-state index contributed by atoms with van der Waals surface area (Å²) >= 11 is 0. The molecule has 2 aromatic carbocycles. The summed E-state index contributed by atoms with van der Waals surface area (Å²) in [5.74, 6) is -0.891. The molecular formula is C33H47N3O8. The summed E-state index contributed by atoms with van der Waals surface area (Å²) in [7, 11) is 2.82. The molecule has 0 aliphatic heterocycles. The molecule has 0 radical (unpaired) electrons. The maximum absolute atomic E-state index is 13.7. The molecule has 0 bridgehead atoms. The predicted octanol–water partition coefficient (Wildman–Crippen LogP) is 3.93. The van der Waals surface area contributed by atoms with Crippen LogP contribution in [0.25, 0.3) is 0 Å². The first-order valence-corrected chi connectivity index (χ1v) is 14.8. The first-order valence-electron chi connectivity index (χ1n) is 14.8. The van der Waals surface area contributed by atoms with Crippen molar-refractivity contribution in [2.45, 2.75) is 84.2 Å². The Kier molecular flexibility index (Phi) is 14.6. The molecule has 11 nitrogen and oxygen atoms in total. The van der Waals surface area contributed by atoms with Crippen LogP contribution in [-0.2, 0) is 41.6 Å². The lowest BCUT2D eigenvalue weighted by Gasteiger charge is -2.28. The number of nitrogens with one attached hydrogen (secondary N) is 3. The fourth-order valence-electron chi connectivity index (χ4n) is 4.31. The molecule has 0 aliphatic carbocycles. The molecule has 242 valence electrons. The highest BCUT2D eigenvalue weighted by atomic mass is 16.6. The van der Waals surface area contributed by atoms with Crippen molar-refractivity contribution in [1.29, 1.82) is 0 Å². The number of alkyl carbamates (subject to hydrolysis) is 1. The lowest BCUT2D eigenvalue weighted by molar-refractivity contribution is -0.159. The van der Waals surface area contributed by atoms with Crippen molar-refractivity contribution < 1.29 is 38.1 Å². The number of benzene rings is 2. The van der Waals surface area contributed by atoms with Gasteiger partial charge in [0.2, 0.25) is 5.91 Å². The standard InChI is InChI=1S/C33H47N3O8/c1-22(2)19-27(35-26(30(38)42-7)17-18-34-32(40)43-21-24-11-9-8-10-12-24)29(37)36-28(31(39)44-33(3,4)5)20-23-13-15-25(41-6)16-14-23/h8-16,22,26-28,35H,17-21H2,1-7H3,(H,34,40)(H,36,37)/t26-,27+,28+/m1/s1. The van der Waals surface area contributed by atoms with Gasteiger partial charge < -0.3 is 29.6 Å². The molecule has 0 aliphatic rings. The molecule has 0 unspecified atom stereocenters. The molecule has 2 aromatic rings. The fraction of sp³-hybridized carbons (Fsp3) is 0.515. The second-order valence-electron chi connectivity index (χ2n) is 11.8. The number of hydrogen-bond donors (Lipinski definition) is 3. The van der Waals surface area contributed by atoms with Gasteiger partial charge in [0.1, 0.15) is 30.0 Å². The molecule has 0 heterocycles. The predicted molar refractivity (Wildman–Crippen MR) is 166 cm³/mol. The monoisotopic (exact) mass is 613 g/mol. The van der Waals surface area contributed by atoms with Gasteiger partial charge in [-0.1, -0.05) is 56.3 Å². The van der Waals surface area contributed by atoms with Crippen molar-refractivity contribution in [2.75, 3.05) is 20.8 Å². The van der Waals surface area contributed by atoms with Crippen LogP contribution in [0.15, 0.2) is 54.6 Å². The summed E-state index contributed by atoms with van der Waals surface area (Å²) in [5.41, 5.74) is 0.879. The molecule has 3 N–H and O–H groups in total. The van der Waals surface area contributed by atoms with E-state index in [9.17, 15) is 19.2 Å². The Hall–Kier alpha value is -4.12. The minimum Gasteiger partial charge on any atom is -0.497 e. The van der Waals surface area contributed by atoms with Gasteiger partial charge in [0.15, 0.2) is 0 Å². The third-order valence-corrected chi connectivity index (χ3v) is 6.43. The van der Waals surface area contributed by atoms with Crippen LogP contribution in [0.3, 0.4) is 0 Å². The van der Waals surface area contributed by atoms with Crippen LogP contribution in [-0.4, -0.2) is 68.4 Å².